The van der Waals surface area contributed by atoms with Crippen LogP contribution in [0.5, 0.6) is 0 Å². The molecule has 2 atom stereocenters. The maximum atomic E-state index is 13.5. The van der Waals surface area contributed by atoms with Crippen LogP contribution >= 0.6 is 0 Å². The zero-order valence-electron chi connectivity index (χ0n) is 11.1. The molecular weight excluding hydrogens is 227 g/mol. The van der Waals surface area contributed by atoms with Gasteiger partial charge in [0.25, 0.3) is 0 Å². The molecule has 0 radical (unpaired) electrons. The van der Waals surface area contributed by atoms with Crippen molar-refractivity contribution in [3.63, 3.8) is 0 Å². The Bertz CT molecular complexity index is 444. The maximum absolute atomic E-state index is 13.5. The Morgan fingerprint density at radius 2 is 2.28 bits per heavy atom. The Labute approximate surface area is 108 Å². The third-order valence-electron chi connectivity index (χ3n) is 4.11. The lowest BCUT2D eigenvalue weighted by Gasteiger charge is -2.35. The van der Waals surface area contributed by atoms with Gasteiger partial charge in [0.05, 0.1) is 0 Å². The summed E-state index contributed by atoms with van der Waals surface area (Å²) in [5.74, 6) is 0.990. The van der Waals surface area contributed by atoms with Gasteiger partial charge in [-0.1, -0.05) is 13.8 Å². The maximum Gasteiger partial charge on any atom is 0.123 e. The third kappa shape index (κ3) is 1.91. The molecule has 0 aromatic heterocycles. The van der Waals surface area contributed by atoms with Crippen molar-refractivity contribution in [1.82, 2.24) is 5.32 Å². The summed E-state index contributed by atoms with van der Waals surface area (Å²) in [4.78, 5) is 2.50. The average Bonchev–Trinajstić information content (AvgIpc) is 2.64. The minimum Gasteiger partial charge on any atom is -0.367 e. The highest BCUT2D eigenvalue weighted by Gasteiger charge is 2.39. The molecule has 0 spiro atoms. The molecule has 98 valence electrons. The first-order valence-corrected chi connectivity index (χ1v) is 6.93. The highest BCUT2D eigenvalue weighted by atomic mass is 19.1. The van der Waals surface area contributed by atoms with Crippen molar-refractivity contribution in [1.29, 1.82) is 0 Å². The first-order valence-electron chi connectivity index (χ1n) is 6.93. The van der Waals surface area contributed by atoms with E-state index < -0.39 is 0 Å². The molecule has 0 saturated carbocycles. The van der Waals surface area contributed by atoms with Crippen molar-refractivity contribution in [3.05, 3.63) is 29.6 Å². The van der Waals surface area contributed by atoms with Gasteiger partial charge in [-0.05, 0) is 42.6 Å². The van der Waals surface area contributed by atoms with Crippen molar-refractivity contribution < 1.29 is 4.39 Å². The van der Waals surface area contributed by atoms with Gasteiger partial charge in [-0.25, -0.2) is 4.39 Å². The van der Waals surface area contributed by atoms with Gasteiger partial charge in [0, 0.05) is 30.7 Å². The summed E-state index contributed by atoms with van der Waals surface area (Å²) in [5, 5.41) is 3.44. The van der Waals surface area contributed by atoms with Crippen molar-refractivity contribution >= 4 is 5.69 Å². The molecule has 2 nitrogen and oxygen atoms in total. The van der Waals surface area contributed by atoms with Gasteiger partial charge in [-0.15, -0.1) is 0 Å². The molecular formula is C15H21FN2. The second-order valence-electron chi connectivity index (χ2n) is 5.92. The molecule has 1 saturated heterocycles. The zero-order chi connectivity index (χ0) is 12.7. The predicted molar refractivity (Wildman–Crippen MR) is 72.6 cm³/mol. The molecule has 3 rings (SSSR count). The lowest BCUT2D eigenvalue weighted by Crippen LogP contribution is -2.45. The van der Waals surface area contributed by atoms with Crippen molar-refractivity contribution in [2.45, 2.75) is 32.2 Å². The number of hydrogen-bond acceptors (Lipinski definition) is 2. The number of hydrogen-bond donors (Lipinski definition) is 1. The van der Waals surface area contributed by atoms with E-state index in [4.69, 9.17) is 0 Å². The van der Waals surface area contributed by atoms with Gasteiger partial charge in [0.1, 0.15) is 5.82 Å². The van der Waals surface area contributed by atoms with E-state index in [0.29, 0.717) is 17.9 Å². The molecule has 1 N–H and O–H groups in total. The molecule has 2 aliphatic heterocycles. The third-order valence-corrected chi connectivity index (χ3v) is 4.11. The summed E-state index contributed by atoms with van der Waals surface area (Å²) >= 11 is 0. The molecule has 1 aromatic carbocycles. The Morgan fingerprint density at radius 1 is 1.44 bits per heavy atom. The molecule has 3 heteroatoms. The molecule has 1 fully saturated rings. The number of rotatable bonds is 2. The number of benzene rings is 1. The van der Waals surface area contributed by atoms with Crippen LogP contribution in [-0.4, -0.2) is 25.7 Å². The zero-order valence-corrected chi connectivity index (χ0v) is 11.1. The fraction of sp³-hybridized carbons (Fsp3) is 0.600. The number of anilines is 1. The lowest BCUT2D eigenvalue weighted by atomic mass is 9.90. The summed E-state index contributed by atoms with van der Waals surface area (Å²) in [7, 11) is 0. The normalized spacial score (nSPS) is 26.3. The minimum atomic E-state index is -0.107. The Balaban J connectivity index is 1.99. The first kappa shape index (κ1) is 12.0. The monoisotopic (exact) mass is 248 g/mol. The molecule has 2 heterocycles. The standard InChI is InChI=1S/C15H21FN2/c1-10(2)9-18-14-4-3-11(16)7-12(14)13-8-17-6-5-15(13)18/h3-4,7,10,13,15,17H,5-6,8-9H2,1-2H3/t13-,15-/m0/s1. The quantitative estimate of drug-likeness (QED) is 0.865. The number of piperidine rings is 1. The average molecular weight is 248 g/mol. The predicted octanol–water partition coefficient (Wildman–Crippen LogP) is 2.75. The van der Waals surface area contributed by atoms with Crippen LogP contribution in [0.25, 0.3) is 0 Å². The molecule has 0 unspecified atom stereocenters. The van der Waals surface area contributed by atoms with Crippen LogP contribution in [0.2, 0.25) is 0 Å². The fourth-order valence-electron chi connectivity index (χ4n) is 3.42. The summed E-state index contributed by atoms with van der Waals surface area (Å²) in [5.41, 5.74) is 2.46. The topological polar surface area (TPSA) is 15.3 Å². The van der Waals surface area contributed by atoms with Crippen molar-refractivity contribution in [3.8, 4) is 0 Å². The summed E-state index contributed by atoms with van der Waals surface area (Å²) in [6.07, 6.45) is 1.16. The van der Waals surface area contributed by atoms with Crippen LogP contribution in [-0.2, 0) is 0 Å². The van der Waals surface area contributed by atoms with E-state index in [2.05, 4.69) is 24.1 Å². The van der Waals surface area contributed by atoms with Gasteiger partial charge in [0.2, 0.25) is 0 Å². The fourth-order valence-corrected chi connectivity index (χ4v) is 3.42. The first-order chi connectivity index (χ1) is 8.66. The van der Waals surface area contributed by atoms with Crippen LogP contribution in [0.4, 0.5) is 10.1 Å². The van der Waals surface area contributed by atoms with Crippen LogP contribution < -0.4 is 10.2 Å². The minimum absolute atomic E-state index is 0.107. The van der Waals surface area contributed by atoms with Crippen LogP contribution in [0.3, 0.4) is 0 Å². The largest absolute Gasteiger partial charge is 0.367 e. The van der Waals surface area contributed by atoms with Crippen LogP contribution in [0.15, 0.2) is 18.2 Å². The SMILES string of the molecule is CC(C)CN1c2ccc(F)cc2[C@@H]2CNCC[C@@H]21. The van der Waals surface area contributed by atoms with E-state index >= 15 is 0 Å². The van der Waals surface area contributed by atoms with Gasteiger partial charge >= 0.3 is 0 Å². The Morgan fingerprint density at radius 3 is 3.06 bits per heavy atom. The van der Waals surface area contributed by atoms with E-state index in [-0.39, 0.29) is 5.82 Å². The molecule has 18 heavy (non-hydrogen) atoms. The number of halogens is 1. The molecule has 2 aliphatic rings. The highest BCUT2D eigenvalue weighted by Crippen LogP contribution is 2.43. The molecule has 1 aromatic rings. The Kier molecular flexibility index (Phi) is 3.02. The lowest BCUT2D eigenvalue weighted by molar-refractivity contribution is 0.392. The highest BCUT2D eigenvalue weighted by molar-refractivity contribution is 5.62. The second-order valence-corrected chi connectivity index (χ2v) is 5.92. The number of nitrogens with zero attached hydrogens (tertiary/aromatic N) is 1. The number of fused-ring (bicyclic) bond motifs is 3. The smallest absolute Gasteiger partial charge is 0.123 e. The molecule has 0 bridgehead atoms. The van der Waals surface area contributed by atoms with Gasteiger partial charge in [0.15, 0.2) is 0 Å². The summed E-state index contributed by atoms with van der Waals surface area (Å²) in [6.45, 7) is 7.62. The molecule has 0 aliphatic carbocycles. The Hall–Kier alpha value is -1.09. The van der Waals surface area contributed by atoms with Crippen molar-refractivity contribution in [2.24, 2.45) is 5.92 Å². The summed E-state index contributed by atoms with van der Waals surface area (Å²) in [6, 6.07) is 5.85. The second kappa shape index (κ2) is 4.54. The van der Waals surface area contributed by atoms with E-state index in [1.807, 2.05) is 6.07 Å². The van der Waals surface area contributed by atoms with E-state index in [9.17, 15) is 4.39 Å². The van der Waals surface area contributed by atoms with Gasteiger partial charge in [-0.3, -0.25) is 0 Å². The van der Waals surface area contributed by atoms with Gasteiger partial charge in [-0.2, -0.15) is 0 Å². The van der Waals surface area contributed by atoms with E-state index in [1.165, 1.54) is 11.3 Å². The van der Waals surface area contributed by atoms with Crippen LogP contribution in [0, 0.1) is 11.7 Å². The summed E-state index contributed by atoms with van der Waals surface area (Å²) < 4.78 is 13.5. The van der Waals surface area contributed by atoms with Gasteiger partial charge < -0.3 is 10.2 Å². The van der Waals surface area contributed by atoms with E-state index in [1.54, 1.807) is 12.1 Å². The number of nitrogens with one attached hydrogen (secondary N) is 1. The van der Waals surface area contributed by atoms with E-state index in [0.717, 1.165) is 26.1 Å². The molecule has 0 amide bonds. The van der Waals surface area contributed by atoms with Crippen molar-refractivity contribution in [2.75, 3.05) is 24.5 Å². The van der Waals surface area contributed by atoms with Crippen LogP contribution in [0.1, 0.15) is 31.7 Å².